The second-order valence-corrected chi connectivity index (χ2v) is 5.86. The molecule has 15 heavy (non-hydrogen) atoms. The zero-order valence-electron chi connectivity index (χ0n) is 9.24. The molecular formula is C11H19NO2S. The summed E-state index contributed by atoms with van der Waals surface area (Å²) in [5.41, 5.74) is -0.541. The molecule has 1 unspecified atom stereocenters. The van der Waals surface area contributed by atoms with Gasteiger partial charge in [0.05, 0.1) is 0 Å². The fourth-order valence-corrected chi connectivity index (χ4v) is 4.07. The van der Waals surface area contributed by atoms with Crippen LogP contribution in [0.1, 0.15) is 32.6 Å². The smallest absolute Gasteiger partial charge is 0.324 e. The Morgan fingerprint density at radius 1 is 1.47 bits per heavy atom. The molecule has 2 rings (SSSR count). The van der Waals surface area contributed by atoms with Gasteiger partial charge in [0.25, 0.3) is 0 Å². The molecule has 2 aliphatic rings. The predicted octanol–water partition coefficient (Wildman–Crippen LogP) is 1.82. The number of hydrogen-bond donors (Lipinski definition) is 1. The zero-order chi connectivity index (χ0) is 10.9. The molecule has 0 aromatic rings. The number of likely N-dealkylation sites (tertiary alicyclic amines) is 1. The minimum absolute atomic E-state index is 0.448. The molecule has 0 aliphatic carbocycles. The van der Waals surface area contributed by atoms with E-state index < -0.39 is 11.5 Å². The lowest BCUT2D eigenvalue weighted by Gasteiger charge is -2.43. The second kappa shape index (κ2) is 4.34. The highest BCUT2D eigenvalue weighted by atomic mass is 32.2. The van der Waals surface area contributed by atoms with Crippen molar-refractivity contribution in [2.75, 3.05) is 18.1 Å². The van der Waals surface area contributed by atoms with E-state index in [2.05, 4.69) is 11.8 Å². The molecule has 2 heterocycles. The van der Waals surface area contributed by atoms with Gasteiger partial charge in [-0.2, -0.15) is 11.8 Å². The monoisotopic (exact) mass is 229 g/mol. The van der Waals surface area contributed by atoms with Crippen molar-refractivity contribution >= 4 is 17.7 Å². The van der Waals surface area contributed by atoms with Crippen molar-refractivity contribution in [3.05, 3.63) is 0 Å². The van der Waals surface area contributed by atoms with Gasteiger partial charge in [0.1, 0.15) is 5.54 Å². The number of carbonyl (C=O) groups is 1. The Labute approximate surface area is 95.2 Å². The summed E-state index contributed by atoms with van der Waals surface area (Å²) in [5, 5.41) is 9.52. The summed E-state index contributed by atoms with van der Waals surface area (Å²) < 4.78 is 0. The van der Waals surface area contributed by atoms with Gasteiger partial charge < -0.3 is 5.11 Å². The van der Waals surface area contributed by atoms with Crippen LogP contribution in [0.4, 0.5) is 0 Å². The molecular weight excluding hydrogens is 210 g/mol. The average Bonchev–Trinajstić information content (AvgIpc) is 2.66. The number of hydrogen-bond acceptors (Lipinski definition) is 3. The maximum absolute atomic E-state index is 11.6. The van der Waals surface area contributed by atoms with E-state index in [1.807, 2.05) is 11.8 Å². The Morgan fingerprint density at radius 3 is 2.60 bits per heavy atom. The summed E-state index contributed by atoms with van der Waals surface area (Å²) in [4.78, 5) is 13.8. The highest BCUT2D eigenvalue weighted by Gasteiger charge is 2.47. The Morgan fingerprint density at radius 2 is 2.13 bits per heavy atom. The standard InChI is InChI=1S/C11H19NO2S/c1-9-3-2-6-12(9)11(10(13)14)4-7-15-8-5-11/h9H,2-8H2,1H3,(H,13,14). The molecule has 2 aliphatic heterocycles. The molecule has 0 spiro atoms. The lowest BCUT2D eigenvalue weighted by atomic mass is 9.89. The second-order valence-electron chi connectivity index (χ2n) is 4.63. The summed E-state index contributed by atoms with van der Waals surface area (Å²) in [6, 6.07) is 0.448. The normalized spacial score (nSPS) is 31.7. The summed E-state index contributed by atoms with van der Waals surface area (Å²) >= 11 is 1.88. The first-order chi connectivity index (χ1) is 7.17. The van der Waals surface area contributed by atoms with Crippen LogP contribution in [0, 0.1) is 0 Å². The lowest BCUT2D eigenvalue weighted by molar-refractivity contribution is -0.153. The van der Waals surface area contributed by atoms with Gasteiger partial charge in [-0.15, -0.1) is 0 Å². The molecule has 0 amide bonds. The molecule has 4 heteroatoms. The summed E-state index contributed by atoms with van der Waals surface area (Å²) in [6.45, 7) is 3.14. The van der Waals surface area contributed by atoms with E-state index in [1.165, 1.54) is 0 Å². The van der Waals surface area contributed by atoms with E-state index in [4.69, 9.17) is 0 Å². The van der Waals surface area contributed by atoms with Gasteiger partial charge in [-0.05, 0) is 50.7 Å². The van der Waals surface area contributed by atoms with Gasteiger partial charge in [0.15, 0.2) is 0 Å². The van der Waals surface area contributed by atoms with Gasteiger partial charge in [-0.3, -0.25) is 9.69 Å². The molecule has 3 nitrogen and oxygen atoms in total. The third kappa shape index (κ3) is 1.89. The molecule has 0 radical (unpaired) electrons. The van der Waals surface area contributed by atoms with Gasteiger partial charge >= 0.3 is 5.97 Å². The van der Waals surface area contributed by atoms with Crippen LogP contribution in [0.3, 0.4) is 0 Å². The molecule has 1 atom stereocenters. The third-order valence-corrected chi connectivity index (χ3v) is 4.81. The average molecular weight is 229 g/mol. The largest absolute Gasteiger partial charge is 0.480 e. The molecule has 0 aromatic heterocycles. The predicted molar refractivity (Wildman–Crippen MR) is 62.3 cm³/mol. The first-order valence-corrected chi connectivity index (χ1v) is 6.90. The molecule has 0 bridgehead atoms. The highest BCUT2D eigenvalue weighted by Crippen LogP contribution is 2.37. The van der Waals surface area contributed by atoms with Gasteiger partial charge in [-0.1, -0.05) is 0 Å². The van der Waals surface area contributed by atoms with E-state index in [0.29, 0.717) is 6.04 Å². The molecule has 0 aromatic carbocycles. The van der Waals surface area contributed by atoms with Crippen LogP contribution in [0.2, 0.25) is 0 Å². The minimum atomic E-state index is -0.600. The van der Waals surface area contributed by atoms with Crippen molar-refractivity contribution in [1.82, 2.24) is 4.90 Å². The molecule has 0 saturated carbocycles. The van der Waals surface area contributed by atoms with Crippen molar-refractivity contribution in [2.24, 2.45) is 0 Å². The number of carboxylic acids is 1. The maximum Gasteiger partial charge on any atom is 0.324 e. The van der Waals surface area contributed by atoms with Crippen LogP contribution in [-0.2, 0) is 4.79 Å². The number of rotatable bonds is 2. The molecule has 1 N–H and O–H groups in total. The lowest BCUT2D eigenvalue weighted by Crippen LogP contribution is -2.57. The summed E-state index contributed by atoms with van der Waals surface area (Å²) in [6.07, 6.45) is 3.94. The number of thioether (sulfide) groups is 1. The van der Waals surface area contributed by atoms with E-state index in [-0.39, 0.29) is 0 Å². The fourth-order valence-electron chi connectivity index (χ4n) is 2.90. The topological polar surface area (TPSA) is 40.5 Å². The van der Waals surface area contributed by atoms with Gasteiger partial charge in [0.2, 0.25) is 0 Å². The molecule has 2 saturated heterocycles. The Hall–Kier alpha value is -0.220. The molecule has 86 valence electrons. The number of carboxylic acid groups (broad SMARTS) is 1. The van der Waals surface area contributed by atoms with Gasteiger partial charge in [-0.25, -0.2) is 0 Å². The van der Waals surface area contributed by atoms with E-state index in [9.17, 15) is 9.90 Å². The quantitative estimate of drug-likeness (QED) is 0.784. The fraction of sp³-hybridized carbons (Fsp3) is 0.909. The van der Waals surface area contributed by atoms with Crippen LogP contribution in [0.25, 0.3) is 0 Å². The van der Waals surface area contributed by atoms with Gasteiger partial charge in [0, 0.05) is 6.04 Å². The Kier molecular flexibility index (Phi) is 3.26. The Bertz CT molecular complexity index is 251. The zero-order valence-corrected chi connectivity index (χ0v) is 10.1. The van der Waals surface area contributed by atoms with Crippen molar-refractivity contribution in [2.45, 2.75) is 44.2 Å². The minimum Gasteiger partial charge on any atom is -0.480 e. The van der Waals surface area contributed by atoms with Crippen LogP contribution >= 0.6 is 11.8 Å². The third-order valence-electron chi connectivity index (χ3n) is 3.82. The van der Waals surface area contributed by atoms with E-state index >= 15 is 0 Å². The van der Waals surface area contributed by atoms with Crippen LogP contribution in [0.15, 0.2) is 0 Å². The Balaban J connectivity index is 2.20. The van der Waals surface area contributed by atoms with Crippen LogP contribution in [-0.4, -0.2) is 45.6 Å². The maximum atomic E-state index is 11.6. The van der Waals surface area contributed by atoms with Crippen LogP contribution in [0.5, 0.6) is 0 Å². The van der Waals surface area contributed by atoms with E-state index in [0.717, 1.165) is 43.7 Å². The van der Waals surface area contributed by atoms with E-state index in [1.54, 1.807) is 0 Å². The first kappa shape index (κ1) is 11.3. The summed E-state index contributed by atoms with van der Waals surface area (Å²) in [7, 11) is 0. The summed E-state index contributed by atoms with van der Waals surface area (Å²) in [5.74, 6) is 1.39. The van der Waals surface area contributed by atoms with Crippen LogP contribution < -0.4 is 0 Å². The molecule has 2 fully saturated rings. The highest BCUT2D eigenvalue weighted by molar-refractivity contribution is 7.99. The number of aliphatic carboxylic acids is 1. The van der Waals surface area contributed by atoms with Crippen molar-refractivity contribution < 1.29 is 9.90 Å². The van der Waals surface area contributed by atoms with Crippen molar-refractivity contribution in [3.8, 4) is 0 Å². The SMILES string of the molecule is CC1CCCN1C1(C(=O)O)CCSCC1. The number of nitrogens with zero attached hydrogens (tertiary/aromatic N) is 1. The van der Waals surface area contributed by atoms with Crippen molar-refractivity contribution in [1.29, 1.82) is 0 Å². The van der Waals surface area contributed by atoms with Crippen molar-refractivity contribution in [3.63, 3.8) is 0 Å². The first-order valence-electron chi connectivity index (χ1n) is 5.75.